The summed E-state index contributed by atoms with van der Waals surface area (Å²) in [6, 6.07) is 12.1. The number of ether oxygens (including phenoxy) is 1. The van der Waals surface area contributed by atoms with Crippen LogP contribution >= 0.6 is 11.3 Å². The predicted octanol–water partition coefficient (Wildman–Crippen LogP) is 4.94. The van der Waals surface area contributed by atoms with Crippen molar-refractivity contribution in [2.45, 2.75) is 32.1 Å². The van der Waals surface area contributed by atoms with Crippen LogP contribution in [0.4, 0.5) is 10.9 Å². The molecule has 4 heterocycles. The summed E-state index contributed by atoms with van der Waals surface area (Å²) in [6.07, 6.45) is 5.90. The standard InChI is InChI=1S/C26H31N5O3S2/c1-5-22-25(29(2)26-28-23(17-35-26)19-6-9-21(34-3)10-7-19)31-16-20(8-11-24(31)27-22)18-12-14-30(15-13-18)36(4,32)33/h6-11,16-18H,5,12-15H2,1-4H3. The van der Waals surface area contributed by atoms with E-state index in [4.69, 9.17) is 14.7 Å². The zero-order chi connectivity index (χ0) is 25.4. The highest BCUT2D eigenvalue weighted by molar-refractivity contribution is 7.88. The van der Waals surface area contributed by atoms with Gasteiger partial charge in [-0.2, -0.15) is 0 Å². The van der Waals surface area contributed by atoms with Crippen LogP contribution in [0, 0.1) is 0 Å². The lowest BCUT2D eigenvalue weighted by molar-refractivity contribution is 0.321. The van der Waals surface area contributed by atoms with Crippen LogP contribution in [-0.4, -0.2) is 60.6 Å². The van der Waals surface area contributed by atoms with Crippen molar-refractivity contribution in [3.8, 4) is 17.0 Å². The number of hydrogen-bond acceptors (Lipinski definition) is 7. The minimum Gasteiger partial charge on any atom is -0.497 e. The zero-order valence-electron chi connectivity index (χ0n) is 21.0. The second-order valence-corrected chi connectivity index (χ2v) is 12.0. The molecule has 0 saturated carbocycles. The molecule has 1 aliphatic heterocycles. The Labute approximate surface area is 216 Å². The topological polar surface area (TPSA) is 80.0 Å². The first-order chi connectivity index (χ1) is 17.3. The molecule has 8 nitrogen and oxygen atoms in total. The molecule has 190 valence electrons. The summed E-state index contributed by atoms with van der Waals surface area (Å²) >= 11 is 1.60. The van der Waals surface area contributed by atoms with Gasteiger partial charge in [0.25, 0.3) is 0 Å². The minimum absolute atomic E-state index is 0.319. The lowest BCUT2D eigenvalue weighted by Crippen LogP contribution is -2.37. The average Bonchev–Trinajstić information content (AvgIpc) is 3.53. The van der Waals surface area contributed by atoms with Crippen LogP contribution in [0.15, 0.2) is 48.0 Å². The van der Waals surface area contributed by atoms with Crippen molar-refractivity contribution < 1.29 is 13.2 Å². The fraction of sp³-hybridized carbons (Fsp3) is 0.385. The van der Waals surface area contributed by atoms with Crippen molar-refractivity contribution in [3.63, 3.8) is 0 Å². The van der Waals surface area contributed by atoms with E-state index < -0.39 is 10.0 Å². The molecule has 0 radical (unpaired) electrons. The number of thiazole rings is 1. The molecular weight excluding hydrogens is 494 g/mol. The maximum atomic E-state index is 11.9. The van der Waals surface area contributed by atoms with Gasteiger partial charge in [-0.05, 0) is 61.1 Å². The summed E-state index contributed by atoms with van der Waals surface area (Å²) < 4.78 is 32.8. The lowest BCUT2D eigenvalue weighted by atomic mass is 9.91. The van der Waals surface area contributed by atoms with E-state index in [0.29, 0.717) is 19.0 Å². The highest BCUT2D eigenvalue weighted by Crippen LogP contribution is 2.35. The third kappa shape index (κ3) is 4.72. The van der Waals surface area contributed by atoms with Crippen LogP contribution < -0.4 is 9.64 Å². The van der Waals surface area contributed by atoms with Gasteiger partial charge < -0.3 is 9.64 Å². The van der Waals surface area contributed by atoms with Crippen molar-refractivity contribution in [1.82, 2.24) is 18.7 Å². The summed E-state index contributed by atoms with van der Waals surface area (Å²) in [5.74, 6) is 2.15. The first kappa shape index (κ1) is 24.7. The average molecular weight is 526 g/mol. The van der Waals surface area contributed by atoms with Crippen molar-refractivity contribution >= 4 is 38.0 Å². The lowest BCUT2D eigenvalue weighted by Gasteiger charge is -2.30. The Morgan fingerprint density at radius 1 is 1.11 bits per heavy atom. The summed E-state index contributed by atoms with van der Waals surface area (Å²) in [6.45, 7) is 3.24. The van der Waals surface area contributed by atoms with Crippen molar-refractivity contribution in [3.05, 3.63) is 59.2 Å². The fourth-order valence-electron chi connectivity index (χ4n) is 4.86. The van der Waals surface area contributed by atoms with Crippen molar-refractivity contribution in [2.24, 2.45) is 0 Å². The molecule has 10 heteroatoms. The third-order valence-electron chi connectivity index (χ3n) is 6.90. The smallest absolute Gasteiger partial charge is 0.211 e. The molecule has 36 heavy (non-hydrogen) atoms. The van der Waals surface area contributed by atoms with Gasteiger partial charge >= 0.3 is 0 Å². The second kappa shape index (κ2) is 9.84. The van der Waals surface area contributed by atoms with Crippen molar-refractivity contribution in [2.75, 3.05) is 38.4 Å². The molecule has 1 aliphatic rings. The van der Waals surface area contributed by atoms with E-state index in [1.807, 2.05) is 31.3 Å². The predicted molar refractivity (Wildman–Crippen MR) is 145 cm³/mol. The van der Waals surface area contributed by atoms with Crippen LogP contribution in [-0.2, 0) is 16.4 Å². The molecule has 1 aromatic carbocycles. The molecular formula is C26H31N5O3S2. The van der Waals surface area contributed by atoms with Crippen LogP contribution in [0.1, 0.15) is 36.9 Å². The fourth-order valence-corrected chi connectivity index (χ4v) is 6.53. The Bertz CT molecular complexity index is 1470. The number of methoxy groups -OCH3 is 1. The Balaban J connectivity index is 1.45. The number of aryl methyl sites for hydroxylation is 1. The number of benzene rings is 1. The molecule has 0 spiro atoms. The van der Waals surface area contributed by atoms with Gasteiger partial charge in [-0.1, -0.05) is 13.0 Å². The number of sulfonamides is 1. The largest absolute Gasteiger partial charge is 0.497 e. The van der Waals surface area contributed by atoms with Crippen LogP contribution in [0.3, 0.4) is 0 Å². The zero-order valence-corrected chi connectivity index (χ0v) is 22.6. The Morgan fingerprint density at radius 3 is 2.47 bits per heavy atom. The minimum atomic E-state index is -3.14. The monoisotopic (exact) mass is 525 g/mol. The summed E-state index contributed by atoms with van der Waals surface area (Å²) in [4.78, 5) is 11.9. The van der Waals surface area contributed by atoms with E-state index in [1.54, 1.807) is 22.8 Å². The summed E-state index contributed by atoms with van der Waals surface area (Å²) in [7, 11) is 0.564. The summed E-state index contributed by atoms with van der Waals surface area (Å²) in [5.41, 5.74) is 5.10. The summed E-state index contributed by atoms with van der Waals surface area (Å²) in [5, 5.41) is 2.97. The first-order valence-corrected chi connectivity index (χ1v) is 14.8. The van der Waals surface area contributed by atoms with Gasteiger partial charge in [-0.3, -0.25) is 4.40 Å². The van der Waals surface area contributed by atoms with E-state index in [0.717, 1.165) is 58.6 Å². The molecule has 0 bridgehead atoms. The van der Waals surface area contributed by atoms with E-state index >= 15 is 0 Å². The van der Waals surface area contributed by atoms with Crippen LogP contribution in [0.25, 0.3) is 16.9 Å². The van der Waals surface area contributed by atoms with Gasteiger partial charge in [-0.15, -0.1) is 11.3 Å². The molecule has 4 aromatic rings. The molecule has 0 amide bonds. The highest BCUT2D eigenvalue weighted by Gasteiger charge is 2.27. The van der Waals surface area contributed by atoms with E-state index in [9.17, 15) is 8.42 Å². The maximum absolute atomic E-state index is 11.9. The molecule has 3 aromatic heterocycles. The van der Waals surface area contributed by atoms with E-state index in [-0.39, 0.29) is 0 Å². The Hall–Kier alpha value is -2.95. The van der Waals surface area contributed by atoms with Gasteiger partial charge in [0.2, 0.25) is 10.0 Å². The molecule has 0 aliphatic carbocycles. The highest BCUT2D eigenvalue weighted by atomic mass is 32.2. The second-order valence-electron chi connectivity index (χ2n) is 9.17. The first-order valence-electron chi connectivity index (χ1n) is 12.1. The Kier molecular flexibility index (Phi) is 6.76. The number of imidazole rings is 1. The normalized spacial score (nSPS) is 15.4. The van der Waals surface area contributed by atoms with Crippen LogP contribution in [0.2, 0.25) is 0 Å². The number of rotatable bonds is 7. The maximum Gasteiger partial charge on any atom is 0.211 e. The molecule has 0 atom stereocenters. The van der Waals surface area contributed by atoms with Gasteiger partial charge in [0, 0.05) is 37.3 Å². The van der Waals surface area contributed by atoms with Gasteiger partial charge in [0.05, 0.1) is 24.8 Å². The number of nitrogens with zero attached hydrogens (tertiary/aromatic N) is 5. The van der Waals surface area contributed by atoms with Crippen LogP contribution in [0.5, 0.6) is 5.75 Å². The third-order valence-corrected chi connectivity index (χ3v) is 9.12. The number of aromatic nitrogens is 3. The molecule has 1 fully saturated rings. The molecule has 5 rings (SSSR count). The van der Waals surface area contributed by atoms with Crippen molar-refractivity contribution in [1.29, 1.82) is 0 Å². The number of anilines is 2. The molecule has 0 N–H and O–H groups in total. The Morgan fingerprint density at radius 2 is 1.83 bits per heavy atom. The number of piperidine rings is 1. The number of hydrogen-bond donors (Lipinski definition) is 0. The van der Waals surface area contributed by atoms with Gasteiger partial charge in [0.1, 0.15) is 17.2 Å². The number of fused-ring (bicyclic) bond motifs is 1. The quantitative estimate of drug-likeness (QED) is 0.340. The molecule has 0 unspecified atom stereocenters. The number of pyridine rings is 1. The SMILES string of the molecule is CCc1nc2ccc(C3CCN(S(C)(=O)=O)CC3)cn2c1N(C)c1nc(-c2ccc(OC)cc2)cs1. The van der Waals surface area contributed by atoms with E-state index in [2.05, 4.69) is 39.9 Å². The van der Waals surface area contributed by atoms with E-state index in [1.165, 1.54) is 11.8 Å². The van der Waals surface area contributed by atoms with Gasteiger partial charge in [-0.25, -0.2) is 22.7 Å². The molecule has 1 saturated heterocycles. The van der Waals surface area contributed by atoms with Gasteiger partial charge in [0.15, 0.2) is 5.13 Å².